The fourth-order valence-corrected chi connectivity index (χ4v) is 3.29. The number of fused-ring (bicyclic) bond motifs is 1. The van der Waals surface area contributed by atoms with Crippen molar-refractivity contribution in [3.63, 3.8) is 0 Å². The molecule has 0 spiro atoms. The van der Waals surface area contributed by atoms with Gasteiger partial charge in [-0.2, -0.15) is 0 Å². The third kappa shape index (κ3) is 3.12. The van der Waals surface area contributed by atoms with Crippen LogP contribution in [0.1, 0.15) is 24.8 Å². The Balaban J connectivity index is 0.00000133. The zero-order chi connectivity index (χ0) is 12.5. The second-order valence-corrected chi connectivity index (χ2v) is 5.98. The lowest BCUT2D eigenvalue weighted by atomic mass is 10.1. The van der Waals surface area contributed by atoms with Gasteiger partial charge in [0, 0.05) is 29.2 Å². The third-order valence-corrected chi connectivity index (χ3v) is 4.31. The summed E-state index contributed by atoms with van der Waals surface area (Å²) in [5.41, 5.74) is 2.37. The summed E-state index contributed by atoms with van der Waals surface area (Å²) in [6, 6.07) is 6.57. The van der Waals surface area contributed by atoms with E-state index in [2.05, 4.69) is 27.3 Å². The monoisotopic (exact) mass is 344 g/mol. The van der Waals surface area contributed by atoms with Gasteiger partial charge in [0.25, 0.3) is 0 Å². The standard InChI is InChI=1S/C14H17BrN2O.ClH/c15-11-3-4-13-10(8-11)5-7-17(13)14(18)9-12-2-1-6-16-12;/h3-4,8,12,16H,1-2,5-7,9H2;1H. The first-order valence-electron chi connectivity index (χ1n) is 6.56. The number of nitrogens with zero attached hydrogens (tertiary/aromatic N) is 1. The summed E-state index contributed by atoms with van der Waals surface area (Å²) in [4.78, 5) is 14.3. The normalized spacial score (nSPS) is 21.1. The van der Waals surface area contributed by atoms with Gasteiger partial charge < -0.3 is 10.2 Å². The molecule has 19 heavy (non-hydrogen) atoms. The first-order chi connectivity index (χ1) is 8.74. The summed E-state index contributed by atoms with van der Waals surface area (Å²) in [6.07, 6.45) is 3.93. The van der Waals surface area contributed by atoms with E-state index in [0.717, 1.165) is 36.1 Å². The van der Waals surface area contributed by atoms with Gasteiger partial charge >= 0.3 is 0 Å². The predicted molar refractivity (Wildman–Crippen MR) is 83.1 cm³/mol. The molecule has 1 unspecified atom stereocenters. The summed E-state index contributed by atoms with van der Waals surface area (Å²) in [5, 5.41) is 3.39. The third-order valence-electron chi connectivity index (χ3n) is 3.82. The maximum atomic E-state index is 12.3. The van der Waals surface area contributed by atoms with Crippen molar-refractivity contribution in [2.24, 2.45) is 0 Å². The molecule has 2 aliphatic heterocycles. The Kier molecular flexibility index (Phi) is 4.87. The van der Waals surface area contributed by atoms with Crippen LogP contribution in [-0.4, -0.2) is 25.0 Å². The fourth-order valence-electron chi connectivity index (χ4n) is 2.88. The lowest BCUT2D eigenvalue weighted by Crippen LogP contribution is -2.34. The Morgan fingerprint density at radius 1 is 1.47 bits per heavy atom. The number of anilines is 1. The van der Waals surface area contributed by atoms with Crippen LogP contribution in [0.3, 0.4) is 0 Å². The molecule has 0 aliphatic carbocycles. The lowest BCUT2D eigenvalue weighted by molar-refractivity contribution is -0.118. The van der Waals surface area contributed by atoms with Gasteiger partial charge in [0.05, 0.1) is 0 Å². The van der Waals surface area contributed by atoms with Gasteiger partial charge in [0.1, 0.15) is 0 Å². The van der Waals surface area contributed by atoms with Crippen LogP contribution in [0, 0.1) is 0 Å². The fraction of sp³-hybridized carbons (Fsp3) is 0.500. The van der Waals surface area contributed by atoms with Gasteiger partial charge in [-0.15, -0.1) is 12.4 Å². The number of hydrogen-bond acceptors (Lipinski definition) is 2. The van der Waals surface area contributed by atoms with Crippen molar-refractivity contribution >= 4 is 39.9 Å². The topological polar surface area (TPSA) is 32.3 Å². The molecule has 1 amide bonds. The van der Waals surface area contributed by atoms with E-state index < -0.39 is 0 Å². The van der Waals surface area contributed by atoms with Gasteiger partial charge in [-0.25, -0.2) is 0 Å². The zero-order valence-corrected chi connectivity index (χ0v) is 13.1. The van der Waals surface area contributed by atoms with Crippen molar-refractivity contribution in [3.8, 4) is 0 Å². The highest BCUT2D eigenvalue weighted by atomic mass is 79.9. The number of rotatable bonds is 2. The minimum absolute atomic E-state index is 0. The number of hydrogen-bond donors (Lipinski definition) is 1. The van der Waals surface area contributed by atoms with Gasteiger partial charge in [0.15, 0.2) is 0 Å². The van der Waals surface area contributed by atoms with E-state index in [0.29, 0.717) is 12.5 Å². The molecule has 5 heteroatoms. The van der Waals surface area contributed by atoms with Crippen LogP contribution < -0.4 is 10.2 Å². The maximum Gasteiger partial charge on any atom is 0.228 e. The molecule has 3 rings (SSSR count). The van der Waals surface area contributed by atoms with Gasteiger partial charge in [-0.1, -0.05) is 15.9 Å². The Morgan fingerprint density at radius 3 is 3.05 bits per heavy atom. The van der Waals surface area contributed by atoms with Crippen LogP contribution in [0.4, 0.5) is 5.69 Å². The zero-order valence-electron chi connectivity index (χ0n) is 10.7. The van der Waals surface area contributed by atoms with Crippen LogP contribution in [0.25, 0.3) is 0 Å². The molecule has 2 heterocycles. The number of amides is 1. The Morgan fingerprint density at radius 2 is 2.32 bits per heavy atom. The van der Waals surface area contributed by atoms with Crippen molar-refractivity contribution in [1.82, 2.24) is 5.32 Å². The maximum absolute atomic E-state index is 12.3. The number of halogens is 2. The minimum atomic E-state index is 0. The molecule has 0 bridgehead atoms. The highest BCUT2D eigenvalue weighted by Crippen LogP contribution is 2.31. The first kappa shape index (κ1) is 14.8. The molecule has 0 aromatic heterocycles. The van der Waals surface area contributed by atoms with E-state index in [-0.39, 0.29) is 18.3 Å². The smallest absolute Gasteiger partial charge is 0.228 e. The van der Waals surface area contributed by atoms with E-state index in [1.54, 1.807) is 0 Å². The molecule has 1 aromatic rings. The quantitative estimate of drug-likeness (QED) is 0.894. The number of nitrogens with one attached hydrogen (secondary N) is 1. The van der Waals surface area contributed by atoms with E-state index >= 15 is 0 Å². The minimum Gasteiger partial charge on any atom is -0.313 e. The molecule has 0 saturated carbocycles. The predicted octanol–water partition coefficient (Wildman–Crippen LogP) is 2.90. The van der Waals surface area contributed by atoms with E-state index in [4.69, 9.17) is 0 Å². The average Bonchev–Trinajstić information content (AvgIpc) is 2.97. The molecule has 104 valence electrons. The molecule has 2 aliphatic rings. The van der Waals surface area contributed by atoms with Crippen LogP contribution in [0.2, 0.25) is 0 Å². The first-order valence-corrected chi connectivity index (χ1v) is 7.35. The molecule has 1 fully saturated rings. The second-order valence-electron chi connectivity index (χ2n) is 5.07. The van der Waals surface area contributed by atoms with Gasteiger partial charge in [-0.05, 0) is 49.6 Å². The number of benzene rings is 1. The highest BCUT2D eigenvalue weighted by Gasteiger charge is 2.27. The molecule has 1 aromatic carbocycles. The summed E-state index contributed by atoms with van der Waals surface area (Å²) < 4.78 is 1.09. The van der Waals surface area contributed by atoms with Crippen LogP contribution in [0.15, 0.2) is 22.7 Å². The summed E-state index contributed by atoms with van der Waals surface area (Å²) >= 11 is 3.48. The van der Waals surface area contributed by atoms with E-state index in [1.807, 2.05) is 17.0 Å². The van der Waals surface area contributed by atoms with Crippen LogP contribution in [-0.2, 0) is 11.2 Å². The molecule has 3 nitrogen and oxygen atoms in total. The van der Waals surface area contributed by atoms with Crippen molar-refractivity contribution in [2.45, 2.75) is 31.7 Å². The largest absolute Gasteiger partial charge is 0.313 e. The Hall–Kier alpha value is -0.580. The lowest BCUT2D eigenvalue weighted by Gasteiger charge is -2.19. The average molecular weight is 346 g/mol. The van der Waals surface area contributed by atoms with E-state index in [1.165, 1.54) is 12.0 Å². The van der Waals surface area contributed by atoms with E-state index in [9.17, 15) is 4.79 Å². The molecular formula is C14H18BrClN2O. The van der Waals surface area contributed by atoms with Crippen LogP contribution in [0.5, 0.6) is 0 Å². The summed E-state index contributed by atoms with van der Waals surface area (Å²) in [5.74, 6) is 0.260. The van der Waals surface area contributed by atoms with Gasteiger partial charge in [-0.3, -0.25) is 4.79 Å². The second kappa shape index (κ2) is 6.25. The molecule has 1 saturated heterocycles. The van der Waals surface area contributed by atoms with Crippen molar-refractivity contribution < 1.29 is 4.79 Å². The van der Waals surface area contributed by atoms with Crippen molar-refractivity contribution in [2.75, 3.05) is 18.0 Å². The summed E-state index contributed by atoms with van der Waals surface area (Å²) in [6.45, 7) is 1.89. The van der Waals surface area contributed by atoms with Crippen LogP contribution >= 0.6 is 28.3 Å². The Labute approximate surface area is 128 Å². The number of carbonyl (C=O) groups excluding carboxylic acids is 1. The Bertz CT molecular complexity index is 475. The molecule has 0 radical (unpaired) electrons. The molecule has 1 N–H and O–H groups in total. The molecule has 1 atom stereocenters. The van der Waals surface area contributed by atoms with Crippen molar-refractivity contribution in [3.05, 3.63) is 28.2 Å². The summed E-state index contributed by atoms with van der Waals surface area (Å²) in [7, 11) is 0. The van der Waals surface area contributed by atoms with Gasteiger partial charge in [0.2, 0.25) is 5.91 Å². The van der Waals surface area contributed by atoms with Crippen molar-refractivity contribution in [1.29, 1.82) is 0 Å². The number of carbonyl (C=O) groups is 1. The highest BCUT2D eigenvalue weighted by molar-refractivity contribution is 9.10. The molecular weight excluding hydrogens is 328 g/mol. The SMILES string of the molecule is Cl.O=C(CC1CCCN1)N1CCc2cc(Br)ccc21.